The molecule has 0 bridgehead atoms. The van der Waals surface area contributed by atoms with Crippen LogP contribution in [-0.2, 0) is 4.79 Å². The molecule has 1 aliphatic heterocycles. The van der Waals surface area contributed by atoms with Crippen LogP contribution in [0.5, 0.6) is 0 Å². The second-order valence-electron chi connectivity index (χ2n) is 5.82. The number of carbonyl (C=O) groups is 1. The van der Waals surface area contributed by atoms with Gasteiger partial charge < -0.3 is 9.88 Å². The fraction of sp³-hybridized carbons (Fsp3) is 0.294. The van der Waals surface area contributed by atoms with Gasteiger partial charge in [-0.25, -0.2) is 9.97 Å². The molecule has 4 rings (SSSR count). The van der Waals surface area contributed by atoms with Gasteiger partial charge in [0.25, 0.3) is 0 Å². The number of nitrogens with zero attached hydrogens (tertiary/aromatic N) is 4. The summed E-state index contributed by atoms with van der Waals surface area (Å²) < 4.78 is 0. The van der Waals surface area contributed by atoms with Crippen molar-refractivity contribution in [1.82, 2.24) is 19.9 Å². The number of carbonyl (C=O) groups excluding carboxylic acids is 1. The maximum absolute atomic E-state index is 11.9. The molecule has 0 saturated carbocycles. The van der Waals surface area contributed by atoms with E-state index in [-0.39, 0.29) is 18.2 Å². The summed E-state index contributed by atoms with van der Waals surface area (Å²) in [4.78, 5) is 25.7. The van der Waals surface area contributed by atoms with Crippen LogP contribution in [0.3, 0.4) is 0 Å². The van der Waals surface area contributed by atoms with Crippen molar-refractivity contribution in [3.63, 3.8) is 0 Å². The first-order valence-corrected chi connectivity index (χ1v) is 7.63. The highest BCUT2D eigenvalue weighted by atomic mass is 16.2. The van der Waals surface area contributed by atoms with Crippen molar-refractivity contribution in [1.29, 1.82) is 5.26 Å². The van der Waals surface area contributed by atoms with Gasteiger partial charge in [-0.15, -0.1) is 0 Å². The molecule has 1 amide bonds. The molecule has 1 fully saturated rings. The van der Waals surface area contributed by atoms with Gasteiger partial charge in [-0.1, -0.05) is 0 Å². The lowest BCUT2D eigenvalue weighted by Gasteiger charge is -2.16. The van der Waals surface area contributed by atoms with Gasteiger partial charge in [-0.3, -0.25) is 4.79 Å². The van der Waals surface area contributed by atoms with Gasteiger partial charge in [-0.2, -0.15) is 5.26 Å². The summed E-state index contributed by atoms with van der Waals surface area (Å²) >= 11 is 0. The molecule has 23 heavy (non-hydrogen) atoms. The SMILES string of the molecule is N#CCC(=O)N1CCC(c2[nH]ccc3cnc4nccc4c23)C1. The first kappa shape index (κ1) is 13.7. The van der Waals surface area contributed by atoms with E-state index in [9.17, 15) is 4.79 Å². The predicted molar refractivity (Wildman–Crippen MR) is 85.6 cm³/mol. The molecule has 3 aromatic heterocycles. The number of H-pyrrole nitrogens is 1. The maximum atomic E-state index is 11.9. The van der Waals surface area contributed by atoms with Gasteiger partial charge in [0.15, 0.2) is 5.65 Å². The molecule has 6 nitrogen and oxygen atoms in total. The molecule has 114 valence electrons. The molecule has 0 aromatic carbocycles. The Morgan fingerprint density at radius 3 is 3.22 bits per heavy atom. The minimum absolute atomic E-state index is 0.0487. The van der Waals surface area contributed by atoms with Gasteiger partial charge in [0, 0.05) is 59.5 Å². The molecular formula is C17H15N5O. The van der Waals surface area contributed by atoms with Gasteiger partial charge in [0.1, 0.15) is 6.42 Å². The quantitative estimate of drug-likeness (QED) is 0.787. The third-order valence-electron chi connectivity index (χ3n) is 4.51. The Morgan fingerprint density at radius 2 is 2.35 bits per heavy atom. The lowest BCUT2D eigenvalue weighted by Crippen LogP contribution is -2.27. The van der Waals surface area contributed by atoms with Crippen LogP contribution in [0.1, 0.15) is 24.5 Å². The average Bonchev–Trinajstić information content (AvgIpc) is 3.23. The lowest BCUT2D eigenvalue weighted by atomic mass is 9.97. The van der Waals surface area contributed by atoms with Crippen LogP contribution in [0.2, 0.25) is 0 Å². The van der Waals surface area contributed by atoms with Gasteiger partial charge in [-0.05, 0) is 18.6 Å². The van der Waals surface area contributed by atoms with E-state index in [1.54, 1.807) is 11.1 Å². The number of amides is 1. The summed E-state index contributed by atoms with van der Waals surface area (Å²) in [5.41, 5.74) is 1.86. The molecule has 1 saturated heterocycles. The lowest BCUT2D eigenvalue weighted by molar-refractivity contribution is -0.129. The number of pyridine rings is 2. The van der Waals surface area contributed by atoms with E-state index in [0.29, 0.717) is 13.1 Å². The number of aromatic amines is 1. The predicted octanol–water partition coefficient (Wildman–Crippen LogP) is 2.34. The third-order valence-corrected chi connectivity index (χ3v) is 4.51. The highest BCUT2D eigenvalue weighted by Gasteiger charge is 2.29. The number of rotatable bonds is 2. The van der Waals surface area contributed by atoms with Crippen molar-refractivity contribution in [2.75, 3.05) is 13.1 Å². The van der Waals surface area contributed by atoms with Gasteiger partial charge >= 0.3 is 0 Å². The number of fused-ring (bicyclic) bond motifs is 3. The Labute approximate surface area is 132 Å². The van der Waals surface area contributed by atoms with Crippen LogP contribution in [0.15, 0.2) is 30.7 Å². The van der Waals surface area contributed by atoms with Crippen LogP contribution in [0.25, 0.3) is 21.8 Å². The van der Waals surface area contributed by atoms with Crippen LogP contribution in [0.4, 0.5) is 0 Å². The number of nitrogens with one attached hydrogen (secondary N) is 1. The summed E-state index contributed by atoms with van der Waals surface area (Å²) in [5.74, 6) is 0.152. The molecule has 0 spiro atoms. The van der Waals surface area contributed by atoms with E-state index in [2.05, 4.69) is 15.0 Å². The van der Waals surface area contributed by atoms with Gasteiger partial charge in [0.05, 0.1) is 6.07 Å². The highest BCUT2D eigenvalue weighted by molar-refractivity contribution is 6.06. The normalized spacial score (nSPS) is 17.7. The molecule has 3 aromatic rings. The number of nitriles is 1. The van der Waals surface area contributed by atoms with Crippen molar-refractivity contribution in [2.45, 2.75) is 18.8 Å². The Hall–Kier alpha value is -2.94. The van der Waals surface area contributed by atoms with Crippen LogP contribution in [0, 0.1) is 11.3 Å². The topological polar surface area (TPSA) is 85.7 Å². The Kier molecular flexibility index (Phi) is 3.19. The molecule has 6 heteroatoms. The monoisotopic (exact) mass is 305 g/mol. The van der Waals surface area contributed by atoms with E-state index in [4.69, 9.17) is 5.26 Å². The summed E-state index contributed by atoms with van der Waals surface area (Å²) in [6, 6.07) is 5.92. The van der Waals surface area contributed by atoms with Crippen LogP contribution < -0.4 is 0 Å². The van der Waals surface area contributed by atoms with Crippen molar-refractivity contribution in [3.05, 3.63) is 36.4 Å². The van der Waals surface area contributed by atoms with E-state index >= 15 is 0 Å². The molecule has 1 N–H and O–H groups in total. The zero-order valence-corrected chi connectivity index (χ0v) is 12.5. The first-order chi connectivity index (χ1) is 11.3. The molecule has 4 heterocycles. The minimum atomic E-state index is -0.0861. The first-order valence-electron chi connectivity index (χ1n) is 7.63. The molecule has 1 atom stereocenters. The molecular weight excluding hydrogens is 290 g/mol. The van der Waals surface area contributed by atoms with Crippen LogP contribution in [-0.4, -0.2) is 38.8 Å². The van der Waals surface area contributed by atoms with E-state index in [1.165, 1.54) is 0 Å². The van der Waals surface area contributed by atoms with E-state index in [0.717, 1.165) is 33.9 Å². The Morgan fingerprint density at radius 1 is 1.43 bits per heavy atom. The molecule has 1 unspecified atom stereocenters. The molecule has 1 aliphatic rings. The minimum Gasteiger partial charge on any atom is -0.364 e. The zero-order chi connectivity index (χ0) is 15.8. The smallest absolute Gasteiger partial charge is 0.236 e. The highest BCUT2D eigenvalue weighted by Crippen LogP contribution is 2.34. The second-order valence-corrected chi connectivity index (χ2v) is 5.82. The van der Waals surface area contributed by atoms with Crippen molar-refractivity contribution in [3.8, 4) is 6.07 Å². The standard InChI is InChI=1S/C17H15N5O/c18-5-1-14(23)22-8-4-12(10-22)16-15-11(2-6-19-16)9-21-17-13(15)3-7-20-17/h2-3,6-7,9,12,19H,1,4,8,10H2. The molecule has 0 aliphatic carbocycles. The summed E-state index contributed by atoms with van der Waals surface area (Å²) in [7, 11) is 0. The average molecular weight is 305 g/mol. The molecule has 0 radical (unpaired) electrons. The van der Waals surface area contributed by atoms with Crippen molar-refractivity contribution in [2.24, 2.45) is 0 Å². The summed E-state index contributed by atoms with van der Waals surface area (Å²) in [5, 5.41) is 11.9. The van der Waals surface area contributed by atoms with Crippen LogP contribution >= 0.6 is 0 Å². The second kappa shape index (κ2) is 5.36. The Balaban J connectivity index is 1.76. The maximum Gasteiger partial charge on any atom is 0.236 e. The summed E-state index contributed by atoms with van der Waals surface area (Å²) in [6.45, 7) is 1.34. The van der Waals surface area contributed by atoms with E-state index in [1.807, 2.05) is 30.6 Å². The fourth-order valence-electron chi connectivity index (χ4n) is 3.42. The number of likely N-dealkylation sites (tertiary alicyclic amines) is 1. The summed E-state index contributed by atoms with van der Waals surface area (Å²) in [6.07, 6.45) is 6.37. The van der Waals surface area contributed by atoms with E-state index < -0.39 is 0 Å². The van der Waals surface area contributed by atoms with Crippen molar-refractivity contribution < 1.29 is 4.79 Å². The fourth-order valence-corrected chi connectivity index (χ4v) is 3.42. The third kappa shape index (κ3) is 2.21. The van der Waals surface area contributed by atoms with Crippen molar-refractivity contribution >= 4 is 27.7 Å². The Bertz CT molecular complexity index is 939. The number of hydrogen-bond acceptors (Lipinski definition) is 4. The largest absolute Gasteiger partial charge is 0.364 e. The zero-order valence-electron chi connectivity index (χ0n) is 12.5. The van der Waals surface area contributed by atoms with Gasteiger partial charge in [0.2, 0.25) is 5.91 Å². The number of hydrogen-bond donors (Lipinski definition) is 1. The number of aromatic nitrogens is 3.